The number of aryl methyl sites for hydroxylation is 1. The van der Waals surface area contributed by atoms with E-state index in [9.17, 15) is 9.18 Å². The summed E-state index contributed by atoms with van der Waals surface area (Å²) in [4.78, 5) is 17.1. The van der Waals surface area contributed by atoms with Crippen LogP contribution in [0.3, 0.4) is 0 Å². The molecule has 0 atom stereocenters. The Bertz CT molecular complexity index is 975. The Kier molecular flexibility index (Phi) is 5.40. The molecule has 130 valence electrons. The molecule has 3 rings (SSSR count). The first kappa shape index (κ1) is 17.5. The zero-order valence-electron chi connectivity index (χ0n) is 14.2. The second kappa shape index (κ2) is 7.72. The lowest BCUT2D eigenvalue weighted by molar-refractivity contribution is 0.0993. The van der Waals surface area contributed by atoms with Crippen LogP contribution in [0.15, 0.2) is 47.5 Å². The maximum absolute atomic E-state index is 13.8. The SMILES string of the molecule is CCOCCn1c(=NC(=O)c2ccccc2F)sc2cc(C)ccc21. The third kappa shape index (κ3) is 3.86. The molecule has 0 spiro atoms. The van der Waals surface area contributed by atoms with Gasteiger partial charge in [0.25, 0.3) is 5.91 Å². The lowest BCUT2D eigenvalue weighted by atomic mass is 10.2. The van der Waals surface area contributed by atoms with Crippen LogP contribution in [0.25, 0.3) is 10.2 Å². The molecule has 1 heterocycles. The first-order valence-corrected chi connectivity index (χ1v) is 8.93. The molecule has 0 aliphatic rings. The van der Waals surface area contributed by atoms with Crippen LogP contribution in [0.2, 0.25) is 0 Å². The van der Waals surface area contributed by atoms with Gasteiger partial charge in [0.15, 0.2) is 4.80 Å². The monoisotopic (exact) mass is 358 g/mol. The predicted molar refractivity (Wildman–Crippen MR) is 97.3 cm³/mol. The molecule has 0 aliphatic heterocycles. The highest BCUT2D eigenvalue weighted by Crippen LogP contribution is 2.19. The third-order valence-corrected chi connectivity index (χ3v) is 4.84. The van der Waals surface area contributed by atoms with Gasteiger partial charge in [0, 0.05) is 13.2 Å². The Morgan fingerprint density at radius 3 is 2.84 bits per heavy atom. The Morgan fingerprint density at radius 2 is 2.08 bits per heavy atom. The highest BCUT2D eigenvalue weighted by atomic mass is 32.1. The van der Waals surface area contributed by atoms with Gasteiger partial charge in [-0.25, -0.2) is 4.39 Å². The molecule has 1 aromatic heterocycles. The zero-order chi connectivity index (χ0) is 17.8. The van der Waals surface area contributed by atoms with Crippen molar-refractivity contribution < 1.29 is 13.9 Å². The summed E-state index contributed by atoms with van der Waals surface area (Å²) in [6.07, 6.45) is 0. The van der Waals surface area contributed by atoms with Crippen molar-refractivity contribution >= 4 is 27.5 Å². The summed E-state index contributed by atoms with van der Waals surface area (Å²) in [5.74, 6) is -1.14. The van der Waals surface area contributed by atoms with E-state index in [1.54, 1.807) is 12.1 Å². The smallest absolute Gasteiger partial charge is 0.282 e. The molecule has 3 aromatic rings. The van der Waals surface area contributed by atoms with Crippen LogP contribution < -0.4 is 4.80 Å². The molecule has 0 unspecified atom stereocenters. The van der Waals surface area contributed by atoms with E-state index >= 15 is 0 Å². The first-order valence-electron chi connectivity index (χ1n) is 8.11. The summed E-state index contributed by atoms with van der Waals surface area (Å²) in [7, 11) is 0. The van der Waals surface area contributed by atoms with E-state index in [1.165, 1.54) is 23.5 Å². The number of benzene rings is 2. The number of rotatable bonds is 5. The average molecular weight is 358 g/mol. The normalized spacial score (nSPS) is 12.0. The lowest BCUT2D eigenvalue weighted by Gasteiger charge is -2.05. The van der Waals surface area contributed by atoms with Gasteiger partial charge in [0.05, 0.1) is 22.4 Å². The van der Waals surface area contributed by atoms with Crippen LogP contribution in [-0.4, -0.2) is 23.7 Å². The summed E-state index contributed by atoms with van der Waals surface area (Å²) in [6, 6.07) is 12.0. The van der Waals surface area contributed by atoms with Gasteiger partial charge in [-0.3, -0.25) is 4.79 Å². The van der Waals surface area contributed by atoms with Gasteiger partial charge in [0.2, 0.25) is 0 Å². The molecule has 4 nitrogen and oxygen atoms in total. The molecule has 25 heavy (non-hydrogen) atoms. The standard InChI is InChI=1S/C19H19FN2O2S/c1-3-24-11-10-22-16-9-8-13(2)12-17(16)25-19(22)21-18(23)14-6-4-5-7-15(14)20/h4-9,12H,3,10-11H2,1-2H3. The number of hydrogen-bond acceptors (Lipinski definition) is 3. The summed E-state index contributed by atoms with van der Waals surface area (Å²) < 4.78 is 22.3. The number of hydrogen-bond donors (Lipinski definition) is 0. The zero-order valence-corrected chi connectivity index (χ0v) is 15.0. The molecule has 0 radical (unpaired) electrons. The second-order valence-corrected chi connectivity index (χ2v) is 6.61. The Balaban J connectivity index is 2.08. The van der Waals surface area contributed by atoms with Crippen molar-refractivity contribution in [2.45, 2.75) is 20.4 Å². The maximum Gasteiger partial charge on any atom is 0.282 e. The van der Waals surface area contributed by atoms with Crippen molar-refractivity contribution in [3.05, 3.63) is 64.2 Å². The number of fused-ring (bicyclic) bond motifs is 1. The summed E-state index contributed by atoms with van der Waals surface area (Å²) in [6.45, 7) is 5.69. The number of ether oxygens (including phenoxy) is 1. The van der Waals surface area contributed by atoms with Gasteiger partial charge in [-0.1, -0.05) is 29.5 Å². The largest absolute Gasteiger partial charge is 0.380 e. The maximum atomic E-state index is 13.8. The molecule has 0 saturated heterocycles. The van der Waals surface area contributed by atoms with Crippen molar-refractivity contribution in [3.63, 3.8) is 0 Å². The van der Waals surface area contributed by atoms with Gasteiger partial charge in [-0.15, -0.1) is 0 Å². The van der Waals surface area contributed by atoms with Crippen LogP contribution in [0.4, 0.5) is 4.39 Å². The van der Waals surface area contributed by atoms with Gasteiger partial charge >= 0.3 is 0 Å². The van der Waals surface area contributed by atoms with Crippen molar-refractivity contribution in [1.29, 1.82) is 0 Å². The molecule has 0 saturated carbocycles. The Hall–Kier alpha value is -2.31. The number of carbonyl (C=O) groups excluding carboxylic acids is 1. The van der Waals surface area contributed by atoms with E-state index < -0.39 is 11.7 Å². The van der Waals surface area contributed by atoms with E-state index in [1.807, 2.05) is 30.5 Å². The predicted octanol–water partition coefficient (Wildman–Crippen LogP) is 3.93. The fraction of sp³-hybridized carbons (Fsp3) is 0.263. The van der Waals surface area contributed by atoms with E-state index in [-0.39, 0.29) is 5.56 Å². The first-order chi connectivity index (χ1) is 12.1. The average Bonchev–Trinajstić information content (AvgIpc) is 2.92. The van der Waals surface area contributed by atoms with E-state index in [4.69, 9.17) is 4.74 Å². The van der Waals surface area contributed by atoms with Crippen molar-refractivity contribution in [2.75, 3.05) is 13.2 Å². The van der Waals surface area contributed by atoms with Crippen molar-refractivity contribution in [3.8, 4) is 0 Å². The number of nitrogens with zero attached hydrogens (tertiary/aromatic N) is 2. The quantitative estimate of drug-likeness (QED) is 0.649. The van der Waals surface area contributed by atoms with Crippen LogP contribution in [0.5, 0.6) is 0 Å². The Morgan fingerprint density at radius 1 is 1.28 bits per heavy atom. The molecule has 6 heteroatoms. The number of aromatic nitrogens is 1. The summed E-state index contributed by atoms with van der Waals surface area (Å²) >= 11 is 1.42. The van der Waals surface area contributed by atoms with Gasteiger partial charge in [-0.2, -0.15) is 4.99 Å². The molecule has 0 bridgehead atoms. The van der Waals surface area contributed by atoms with Crippen LogP contribution in [0, 0.1) is 12.7 Å². The topological polar surface area (TPSA) is 43.6 Å². The van der Waals surface area contributed by atoms with Gasteiger partial charge < -0.3 is 9.30 Å². The molecule has 2 aromatic carbocycles. The minimum atomic E-state index is -0.577. The number of halogens is 1. The molecule has 0 N–H and O–H groups in total. The Labute approximate surface area is 149 Å². The minimum absolute atomic E-state index is 0.0208. The van der Waals surface area contributed by atoms with E-state index in [0.29, 0.717) is 24.6 Å². The van der Waals surface area contributed by atoms with E-state index in [0.717, 1.165) is 15.8 Å². The number of thiazole rings is 1. The highest BCUT2D eigenvalue weighted by Gasteiger charge is 2.12. The number of carbonyl (C=O) groups is 1. The summed E-state index contributed by atoms with van der Waals surface area (Å²) in [5.41, 5.74) is 2.11. The number of amides is 1. The van der Waals surface area contributed by atoms with Crippen LogP contribution in [-0.2, 0) is 11.3 Å². The second-order valence-electron chi connectivity index (χ2n) is 5.60. The molecule has 0 fully saturated rings. The fourth-order valence-electron chi connectivity index (χ4n) is 2.56. The summed E-state index contributed by atoms with van der Waals surface area (Å²) in [5, 5.41) is 0. The molecular formula is C19H19FN2O2S. The van der Waals surface area contributed by atoms with Crippen LogP contribution in [0.1, 0.15) is 22.8 Å². The van der Waals surface area contributed by atoms with Crippen molar-refractivity contribution in [2.24, 2.45) is 4.99 Å². The van der Waals surface area contributed by atoms with Crippen LogP contribution >= 0.6 is 11.3 Å². The fourth-order valence-corrected chi connectivity index (χ4v) is 3.72. The lowest BCUT2D eigenvalue weighted by Crippen LogP contribution is -2.20. The third-order valence-electron chi connectivity index (χ3n) is 3.80. The molecule has 0 aliphatic carbocycles. The van der Waals surface area contributed by atoms with Crippen molar-refractivity contribution in [1.82, 2.24) is 4.57 Å². The van der Waals surface area contributed by atoms with E-state index in [2.05, 4.69) is 11.1 Å². The molecular weight excluding hydrogens is 339 g/mol. The van der Waals surface area contributed by atoms with Gasteiger partial charge in [0.1, 0.15) is 5.82 Å². The highest BCUT2D eigenvalue weighted by molar-refractivity contribution is 7.16. The molecule has 1 amide bonds. The van der Waals surface area contributed by atoms with Gasteiger partial charge in [-0.05, 0) is 43.7 Å². The minimum Gasteiger partial charge on any atom is -0.380 e.